The smallest absolute Gasteiger partial charge is 0.128 e. The normalized spacial score (nSPS) is 12.7. The molecule has 0 aliphatic heterocycles. The molecule has 0 aliphatic carbocycles. The summed E-state index contributed by atoms with van der Waals surface area (Å²) in [6.07, 6.45) is 5.14. The van der Waals surface area contributed by atoms with Crippen molar-refractivity contribution in [3.63, 3.8) is 0 Å². The molecule has 2 aromatic rings. The maximum atomic E-state index is 5.98. The number of aromatic amines is 1. The molecule has 5 heteroatoms. The van der Waals surface area contributed by atoms with Crippen molar-refractivity contribution in [3.05, 3.63) is 46.7 Å². The van der Waals surface area contributed by atoms with Crippen molar-refractivity contribution in [3.8, 4) is 0 Å². The van der Waals surface area contributed by atoms with Gasteiger partial charge in [0, 0.05) is 12.4 Å². The maximum Gasteiger partial charge on any atom is 0.128 e. The fraction of sp³-hybridized carbons (Fsp3) is 0.111. The van der Waals surface area contributed by atoms with Crippen LogP contribution in [0.1, 0.15) is 17.4 Å². The first-order valence-corrected chi connectivity index (χ1v) is 4.92. The third-order valence-electron chi connectivity index (χ3n) is 1.90. The fourth-order valence-electron chi connectivity index (χ4n) is 1.19. The van der Waals surface area contributed by atoms with E-state index in [1.165, 1.54) is 0 Å². The predicted molar refractivity (Wildman–Crippen MR) is 56.6 cm³/mol. The Hall–Kier alpha value is -1.20. The van der Waals surface area contributed by atoms with E-state index in [1.54, 1.807) is 18.6 Å². The van der Waals surface area contributed by atoms with Crippen LogP contribution in [0.25, 0.3) is 0 Å². The van der Waals surface area contributed by atoms with Crippen molar-refractivity contribution in [2.24, 2.45) is 5.73 Å². The summed E-state index contributed by atoms with van der Waals surface area (Å²) in [4.78, 5) is 11.2. The summed E-state index contributed by atoms with van der Waals surface area (Å²) in [6, 6.07) is 3.52. The summed E-state index contributed by atoms with van der Waals surface area (Å²) in [7, 11) is 0. The molecule has 3 N–H and O–H groups in total. The molecule has 2 rings (SSSR count). The van der Waals surface area contributed by atoms with Gasteiger partial charge in [-0.15, -0.1) is 0 Å². The van der Waals surface area contributed by atoms with E-state index in [1.807, 2.05) is 12.1 Å². The number of aromatic nitrogens is 3. The summed E-state index contributed by atoms with van der Waals surface area (Å²) >= 11 is 3.28. The summed E-state index contributed by atoms with van der Waals surface area (Å²) in [5.41, 5.74) is 6.91. The molecule has 0 amide bonds. The number of hydrogen-bond donors (Lipinski definition) is 2. The molecule has 2 aromatic heterocycles. The zero-order valence-corrected chi connectivity index (χ0v) is 8.90. The number of H-pyrrole nitrogens is 1. The van der Waals surface area contributed by atoms with E-state index < -0.39 is 0 Å². The molecular weight excluding hydrogens is 244 g/mol. The number of nitrogens with zero attached hydrogens (tertiary/aromatic N) is 2. The predicted octanol–water partition coefficient (Wildman–Crippen LogP) is 1.62. The fourth-order valence-corrected chi connectivity index (χ4v) is 1.49. The molecule has 14 heavy (non-hydrogen) atoms. The highest BCUT2D eigenvalue weighted by Crippen LogP contribution is 2.16. The molecule has 4 nitrogen and oxygen atoms in total. The molecular formula is C9H9BrN4. The lowest BCUT2D eigenvalue weighted by atomic mass is 10.1. The molecule has 0 aliphatic rings. The van der Waals surface area contributed by atoms with Gasteiger partial charge in [0.05, 0.1) is 12.2 Å². The Kier molecular flexibility index (Phi) is 2.60. The minimum atomic E-state index is -0.255. The van der Waals surface area contributed by atoms with Crippen molar-refractivity contribution in [2.75, 3.05) is 0 Å². The van der Waals surface area contributed by atoms with Crippen molar-refractivity contribution < 1.29 is 0 Å². The highest BCUT2D eigenvalue weighted by Gasteiger charge is 2.11. The summed E-state index contributed by atoms with van der Waals surface area (Å²) in [5.74, 6) is 0.727. The van der Waals surface area contributed by atoms with Gasteiger partial charge in [0.25, 0.3) is 0 Å². The quantitative estimate of drug-likeness (QED) is 0.854. The number of imidazole rings is 1. The van der Waals surface area contributed by atoms with Gasteiger partial charge in [-0.3, -0.25) is 4.98 Å². The number of hydrogen-bond acceptors (Lipinski definition) is 3. The standard InChI is InChI=1S/C9H9BrN4/c10-7-5-13-9(14-7)8(11)6-2-1-3-12-4-6/h1-5,8H,11H2,(H,13,14). The van der Waals surface area contributed by atoms with Crippen LogP contribution < -0.4 is 5.73 Å². The van der Waals surface area contributed by atoms with Crippen molar-refractivity contribution in [1.29, 1.82) is 0 Å². The molecule has 72 valence electrons. The van der Waals surface area contributed by atoms with E-state index in [9.17, 15) is 0 Å². The summed E-state index contributed by atoms with van der Waals surface area (Å²) in [6.45, 7) is 0. The van der Waals surface area contributed by atoms with Gasteiger partial charge in [-0.05, 0) is 27.6 Å². The number of nitrogens with two attached hydrogens (primary N) is 1. The number of nitrogens with one attached hydrogen (secondary N) is 1. The monoisotopic (exact) mass is 252 g/mol. The van der Waals surface area contributed by atoms with Crippen molar-refractivity contribution in [1.82, 2.24) is 15.0 Å². The number of pyridine rings is 1. The number of halogens is 1. The third-order valence-corrected chi connectivity index (χ3v) is 2.31. The molecule has 0 radical (unpaired) electrons. The Balaban J connectivity index is 2.29. The summed E-state index contributed by atoms with van der Waals surface area (Å²) < 4.78 is 0.826. The Morgan fingerprint density at radius 1 is 1.43 bits per heavy atom. The Morgan fingerprint density at radius 2 is 2.29 bits per heavy atom. The zero-order chi connectivity index (χ0) is 9.97. The topological polar surface area (TPSA) is 67.6 Å². The first-order valence-electron chi connectivity index (χ1n) is 4.13. The van der Waals surface area contributed by atoms with Gasteiger partial charge in [-0.2, -0.15) is 0 Å². The Bertz CT molecular complexity index is 412. The molecule has 0 spiro atoms. The van der Waals surface area contributed by atoms with E-state index in [-0.39, 0.29) is 6.04 Å². The Labute approximate surface area is 89.7 Å². The van der Waals surface area contributed by atoms with E-state index in [0.717, 1.165) is 16.0 Å². The van der Waals surface area contributed by atoms with Gasteiger partial charge < -0.3 is 10.7 Å². The Morgan fingerprint density at radius 3 is 2.86 bits per heavy atom. The second-order valence-corrected chi connectivity index (χ2v) is 3.73. The van der Waals surface area contributed by atoms with E-state index in [2.05, 4.69) is 30.9 Å². The second-order valence-electron chi connectivity index (χ2n) is 2.88. The maximum absolute atomic E-state index is 5.98. The van der Waals surface area contributed by atoms with Crippen molar-refractivity contribution in [2.45, 2.75) is 6.04 Å². The van der Waals surface area contributed by atoms with Crippen LogP contribution in [0.4, 0.5) is 0 Å². The minimum Gasteiger partial charge on any atom is -0.335 e. The first-order chi connectivity index (χ1) is 6.77. The molecule has 0 saturated carbocycles. The van der Waals surface area contributed by atoms with E-state index in [0.29, 0.717) is 0 Å². The van der Waals surface area contributed by atoms with Crippen LogP contribution in [0.2, 0.25) is 0 Å². The second kappa shape index (κ2) is 3.89. The van der Waals surface area contributed by atoms with Crippen LogP contribution in [0.15, 0.2) is 35.3 Å². The van der Waals surface area contributed by atoms with Crippen LogP contribution in [0.3, 0.4) is 0 Å². The molecule has 1 unspecified atom stereocenters. The van der Waals surface area contributed by atoms with Gasteiger partial charge >= 0.3 is 0 Å². The molecule has 1 atom stereocenters. The average Bonchev–Trinajstić information content (AvgIpc) is 2.65. The van der Waals surface area contributed by atoms with Gasteiger partial charge in [-0.25, -0.2) is 4.98 Å². The zero-order valence-electron chi connectivity index (χ0n) is 7.31. The van der Waals surface area contributed by atoms with Gasteiger partial charge in [0.2, 0.25) is 0 Å². The first kappa shape index (κ1) is 9.36. The molecule has 0 saturated heterocycles. The lowest BCUT2D eigenvalue weighted by molar-refractivity contribution is 0.794. The highest BCUT2D eigenvalue weighted by molar-refractivity contribution is 9.10. The highest BCUT2D eigenvalue weighted by atomic mass is 79.9. The lowest BCUT2D eigenvalue weighted by Crippen LogP contribution is -2.13. The van der Waals surface area contributed by atoms with Crippen LogP contribution >= 0.6 is 15.9 Å². The van der Waals surface area contributed by atoms with Gasteiger partial charge in [-0.1, -0.05) is 6.07 Å². The van der Waals surface area contributed by atoms with E-state index in [4.69, 9.17) is 5.73 Å². The van der Waals surface area contributed by atoms with Gasteiger partial charge in [0.1, 0.15) is 10.4 Å². The van der Waals surface area contributed by atoms with Crippen LogP contribution in [0, 0.1) is 0 Å². The SMILES string of the molecule is NC(c1cccnc1)c1ncc(Br)[nH]1. The third kappa shape index (κ3) is 1.83. The molecule has 0 aromatic carbocycles. The van der Waals surface area contributed by atoms with Crippen molar-refractivity contribution >= 4 is 15.9 Å². The minimum absolute atomic E-state index is 0.255. The van der Waals surface area contributed by atoms with Gasteiger partial charge in [0.15, 0.2) is 0 Å². The van der Waals surface area contributed by atoms with E-state index >= 15 is 0 Å². The lowest BCUT2D eigenvalue weighted by Gasteiger charge is -2.07. The summed E-state index contributed by atoms with van der Waals surface area (Å²) in [5, 5.41) is 0. The average molecular weight is 253 g/mol. The molecule has 2 heterocycles. The largest absolute Gasteiger partial charge is 0.335 e. The number of rotatable bonds is 2. The molecule has 0 fully saturated rings. The van der Waals surface area contributed by atoms with Crippen LogP contribution in [-0.2, 0) is 0 Å². The van der Waals surface area contributed by atoms with Crippen LogP contribution in [0.5, 0.6) is 0 Å². The molecule has 0 bridgehead atoms. The van der Waals surface area contributed by atoms with Crippen LogP contribution in [-0.4, -0.2) is 15.0 Å².